The van der Waals surface area contributed by atoms with Gasteiger partial charge in [-0.1, -0.05) is 0 Å². The second-order valence-electron chi connectivity index (χ2n) is 3.54. The van der Waals surface area contributed by atoms with Crippen LogP contribution in [0.3, 0.4) is 0 Å². The fraction of sp³-hybridized carbons (Fsp3) is 0.667. The highest BCUT2D eigenvalue weighted by Gasteiger charge is 2.18. The van der Waals surface area contributed by atoms with Crippen molar-refractivity contribution in [3.05, 3.63) is 17.5 Å². The molecule has 1 aliphatic heterocycles. The first-order chi connectivity index (χ1) is 6.85. The van der Waals surface area contributed by atoms with Crippen LogP contribution in [-0.2, 0) is 19.6 Å². The number of aliphatic hydroxyl groups excluding tert-OH is 1. The number of nitrogens with two attached hydrogens (primary N) is 1. The summed E-state index contributed by atoms with van der Waals surface area (Å²) >= 11 is 0. The molecule has 0 aliphatic carbocycles. The number of fused-ring (bicyclic) bond motifs is 1. The number of aliphatic hydroxyl groups is 1. The lowest BCUT2D eigenvalue weighted by Crippen LogP contribution is -2.36. The molecule has 0 bridgehead atoms. The molecule has 0 unspecified atom stereocenters. The van der Waals surface area contributed by atoms with Crippen LogP contribution in [0.5, 0.6) is 0 Å². The summed E-state index contributed by atoms with van der Waals surface area (Å²) in [7, 11) is 0. The number of hydrogen-bond acceptors (Lipinski definition) is 4. The van der Waals surface area contributed by atoms with Crippen LogP contribution < -0.4 is 5.73 Å². The molecule has 2 rings (SSSR count). The lowest BCUT2D eigenvalue weighted by Gasteiger charge is -2.27. The van der Waals surface area contributed by atoms with E-state index in [2.05, 4.69) is 10.00 Å². The summed E-state index contributed by atoms with van der Waals surface area (Å²) in [5.74, 6) is 0. The topological polar surface area (TPSA) is 67.3 Å². The molecule has 78 valence electrons. The van der Waals surface area contributed by atoms with E-state index in [0.717, 1.165) is 31.7 Å². The Morgan fingerprint density at radius 2 is 2.36 bits per heavy atom. The Balaban J connectivity index is 2.14. The van der Waals surface area contributed by atoms with Crippen molar-refractivity contribution in [1.29, 1.82) is 0 Å². The normalized spacial score (nSPS) is 17.0. The molecule has 0 amide bonds. The largest absolute Gasteiger partial charge is 0.395 e. The quantitative estimate of drug-likeness (QED) is 0.661. The molecule has 0 radical (unpaired) electrons. The number of aromatic nitrogens is 2. The van der Waals surface area contributed by atoms with Gasteiger partial charge in [0, 0.05) is 31.7 Å². The third-order valence-corrected chi connectivity index (χ3v) is 2.67. The predicted octanol–water partition coefficient (Wildman–Crippen LogP) is -0.850. The van der Waals surface area contributed by atoms with Crippen molar-refractivity contribution in [1.82, 2.24) is 14.7 Å². The summed E-state index contributed by atoms with van der Waals surface area (Å²) in [6.45, 7) is 4.20. The molecule has 1 aromatic heterocycles. The molecule has 1 aliphatic rings. The van der Waals surface area contributed by atoms with Crippen LogP contribution in [0.15, 0.2) is 6.20 Å². The van der Waals surface area contributed by atoms with Crippen molar-refractivity contribution >= 4 is 0 Å². The first kappa shape index (κ1) is 9.64. The maximum absolute atomic E-state index is 8.85. The van der Waals surface area contributed by atoms with Gasteiger partial charge in [0.15, 0.2) is 0 Å². The second kappa shape index (κ2) is 4.08. The highest BCUT2D eigenvalue weighted by atomic mass is 16.3. The van der Waals surface area contributed by atoms with Gasteiger partial charge in [-0.25, -0.2) is 0 Å². The van der Waals surface area contributed by atoms with Gasteiger partial charge in [0.05, 0.1) is 25.0 Å². The molecule has 1 aromatic rings. The monoisotopic (exact) mass is 196 g/mol. The van der Waals surface area contributed by atoms with Crippen molar-refractivity contribution in [2.45, 2.75) is 19.6 Å². The summed E-state index contributed by atoms with van der Waals surface area (Å²) in [6.07, 6.45) is 1.85. The number of β-amino-alcohol motifs (C(OH)–C–C–N with tert-alkyl or cyclic N) is 1. The van der Waals surface area contributed by atoms with Crippen LogP contribution in [0.25, 0.3) is 0 Å². The van der Waals surface area contributed by atoms with Gasteiger partial charge in [0.2, 0.25) is 0 Å². The standard InChI is InChI=1S/C9H16N4O/c10-5-8-6-11-13-2-1-12(3-4-14)7-9(8)13/h6,14H,1-5,7,10H2. The smallest absolute Gasteiger partial charge is 0.0569 e. The van der Waals surface area contributed by atoms with Crippen LogP contribution in [0.4, 0.5) is 0 Å². The van der Waals surface area contributed by atoms with Crippen molar-refractivity contribution < 1.29 is 5.11 Å². The Kier molecular flexibility index (Phi) is 2.81. The van der Waals surface area contributed by atoms with Gasteiger partial charge in [-0.2, -0.15) is 5.10 Å². The zero-order valence-corrected chi connectivity index (χ0v) is 8.19. The minimum Gasteiger partial charge on any atom is -0.395 e. The summed E-state index contributed by atoms with van der Waals surface area (Å²) in [5, 5.41) is 13.1. The Morgan fingerprint density at radius 1 is 1.50 bits per heavy atom. The number of nitrogens with zero attached hydrogens (tertiary/aromatic N) is 3. The van der Waals surface area contributed by atoms with E-state index in [1.54, 1.807) is 0 Å². The van der Waals surface area contributed by atoms with E-state index in [4.69, 9.17) is 10.8 Å². The van der Waals surface area contributed by atoms with Crippen LogP contribution in [-0.4, -0.2) is 39.5 Å². The number of rotatable bonds is 3. The molecule has 0 atom stereocenters. The third kappa shape index (κ3) is 1.66. The molecular weight excluding hydrogens is 180 g/mol. The van der Waals surface area contributed by atoms with Crippen molar-refractivity contribution in [2.24, 2.45) is 5.73 Å². The molecule has 2 heterocycles. The van der Waals surface area contributed by atoms with E-state index >= 15 is 0 Å². The van der Waals surface area contributed by atoms with Gasteiger partial charge in [-0.05, 0) is 0 Å². The first-order valence-corrected chi connectivity index (χ1v) is 4.92. The van der Waals surface area contributed by atoms with E-state index in [1.165, 1.54) is 5.69 Å². The maximum Gasteiger partial charge on any atom is 0.0569 e. The first-order valence-electron chi connectivity index (χ1n) is 4.92. The lowest BCUT2D eigenvalue weighted by atomic mass is 10.2. The highest BCUT2D eigenvalue weighted by Crippen LogP contribution is 2.15. The molecule has 0 fully saturated rings. The predicted molar refractivity (Wildman–Crippen MR) is 52.5 cm³/mol. The van der Waals surface area contributed by atoms with E-state index in [9.17, 15) is 0 Å². The minimum absolute atomic E-state index is 0.214. The average molecular weight is 196 g/mol. The van der Waals surface area contributed by atoms with Gasteiger partial charge in [0.1, 0.15) is 0 Å². The molecular formula is C9H16N4O. The molecule has 3 N–H and O–H groups in total. The highest BCUT2D eigenvalue weighted by molar-refractivity contribution is 5.18. The molecule has 0 saturated carbocycles. The van der Waals surface area contributed by atoms with Gasteiger partial charge in [0.25, 0.3) is 0 Å². The van der Waals surface area contributed by atoms with E-state index < -0.39 is 0 Å². The Hall–Kier alpha value is -0.910. The van der Waals surface area contributed by atoms with Crippen molar-refractivity contribution in [3.63, 3.8) is 0 Å². The molecule has 14 heavy (non-hydrogen) atoms. The Morgan fingerprint density at radius 3 is 3.07 bits per heavy atom. The van der Waals surface area contributed by atoms with Gasteiger partial charge >= 0.3 is 0 Å². The summed E-state index contributed by atoms with van der Waals surface area (Å²) < 4.78 is 2.01. The van der Waals surface area contributed by atoms with Crippen LogP contribution in [0.1, 0.15) is 11.3 Å². The number of hydrogen-bond donors (Lipinski definition) is 2. The molecule has 0 spiro atoms. The summed E-state index contributed by atoms with van der Waals surface area (Å²) in [6, 6.07) is 0. The lowest BCUT2D eigenvalue weighted by molar-refractivity contribution is 0.163. The maximum atomic E-state index is 8.85. The fourth-order valence-corrected chi connectivity index (χ4v) is 1.86. The summed E-state index contributed by atoms with van der Waals surface area (Å²) in [4.78, 5) is 2.22. The molecule has 0 aromatic carbocycles. The van der Waals surface area contributed by atoms with Crippen LogP contribution >= 0.6 is 0 Å². The molecule has 0 saturated heterocycles. The third-order valence-electron chi connectivity index (χ3n) is 2.67. The van der Waals surface area contributed by atoms with E-state index in [0.29, 0.717) is 6.54 Å². The molecule has 5 heteroatoms. The summed E-state index contributed by atoms with van der Waals surface area (Å²) in [5.41, 5.74) is 7.94. The zero-order valence-electron chi connectivity index (χ0n) is 8.19. The van der Waals surface area contributed by atoms with Gasteiger partial charge in [-0.3, -0.25) is 9.58 Å². The molecule has 5 nitrogen and oxygen atoms in total. The fourth-order valence-electron chi connectivity index (χ4n) is 1.86. The SMILES string of the molecule is NCc1cnn2c1CN(CCO)CC2. The van der Waals surface area contributed by atoms with E-state index in [-0.39, 0.29) is 6.61 Å². The zero-order chi connectivity index (χ0) is 9.97. The van der Waals surface area contributed by atoms with Crippen molar-refractivity contribution in [2.75, 3.05) is 19.7 Å². The Labute approximate surface area is 83.1 Å². The van der Waals surface area contributed by atoms with Crippen LogP contribution in [0, 0.1) is 0 Å². The van der Waals surface area contributed by atoms with Gasteiger partial charge in [-0.15, -0.1) is 0 Å². The van der Waals surface area contributed by atoms with Gasteiger partial charge < -0.3 is 10.8 Å². The average Bonchev–Trinajstić information content (AvgIpc) is 2.60. The van der Waals surface area contributed by atoms with E-state index in [1.807, 2.05) is 10.9 Å². The van der Waals surface area contributed by atoms with Crippen molar-refractivity contribution in [3.8, 4) is 0 Å². The second-order valence-corrected chi connectivity index (χ2v) is 3.54. The Bertz CT molecular complexity index is 296. The minimum atomic E-state index is 0.214. The van der Waals surface area contributed by atoms with Crippen LogP contribution in [0.2, 0.25) is 0 Å².